The molecule has 110 valence electrons. The Morgan fingerprint density at radius 3 is 2.68 bits per heavy atom. The van der Waals surface area contributed by atoms with E-state index in [2.05, 4.69) is 10.6 Å². The van der Waals surface area contributed by atoms with Gasteiger partial charge in [0, 0.05) is 18.7 Å². The van der Waals surface area contributed by atoms with Gasteiger partial charge in [0.25, 0.3) is 0 Å². The Kier molecular flexibility index (Phi) is 6.11. The molecule has 2 aliphatic rings. The first-order valence-corrected chi connectivity index (χ1v) is 7.91. The smallest absolute Gasteiger partial charge is 0.249 e. The topological polar surface area (TPSA) is 50.4 Å². The van der Waals surface area contributed by atoms with Crippen LogP contribution in [-0.4, -0.2) is 37.2 Å². The molecule has 1 heterocycles. The van der Waals surface area contributed by atoms with E-state index >= 15 is 0 Å². The van der Waals surface area contributed by atoms with E-state index in [1.807, 2.05) is 6.92 Å². The first-order valence-electron chi connectivity index (χ1n) is 7.91. The number of hydrogen-bond acceptors (Lipinski definition) is 3. The molecule has 1 amide bonds. The summed E-state index contributed by atoms with van der Waals surface area (Å²) in [7, 11) is 0. The van der Waals surface area contributed by atoms with Crippen molar-refractivity contribution in [2.75, 3.05) is 13.2 Å². The van der Waals surface area contributed by atoms with Gasteiger partial charge in [-0.25, -0.2) is 0 Å². The molecule has 0 aromatic rings. The molecule has 2 N–H and O–H groups in total. The van der Waals surface area contributed by atoms with E-state index in [1.54, 1.807) is 0 Å². The van der Waals surface area contributed by atoms with Crippen LogP contribution in [0.1, 0.15) is 58.3 Å². The maximum Gasteiger partial charge on any atom is 0.249 e. The third kappa shape index (κ3) is 5.11. The minimum absolute atomic E-state index is 0.0588. The van der Waals surface area contributed by atoms with Crippen LogP contribution in [-0.2, 0) is 9.53 Å². The van der Waals surface area contributed by atoms with Crippen molar-refractivity contribution >= 4 is 5.91 Å². The summed E-state index contributed by atoms with van der Waals surface area (Å²) in [5, 5.41) is 6.59. The van der Waals surface area contributed by atoms with Crippen molar-refractivity contribution < 1.29 is 9.53 Å². The van der Waals surface area contributed by atoms with Crippen molar-refractivity contribution in [1.82, 2.24) is 10.6 Å². The number of nitrogens with one attached hydrogen (secondary N) is 2. The van der Waals surface area contributed by atoms with Crippen LogP contribution in [0, 0.1) is 0 Å². The molecule has 2 fully saturated rings. The second-order valence-corrected chi connectivity index (χ2v) is 5.94. The van der Waals surface area contributed by atoms with Crippen LogP contribution in [0.4, 0.5) is 0 Å². The van der Waals surface area contributed by atoms with Crippen molar-refractivity contribution in [3.63, 3.8) is 0 Å². The van der Waals surface area contributed by atoms with Crippen molar-refractivity contribution in [3.05, 3.63) is 0 Å². The summed E-state index contributed by atoms with van der Waals surface area (Å²) in [6, 6.07) is 0.970. The van der Waals surface area contributed by atoms with Gasteiger partial charge in [-0.3, -0.25) is 4.79 Å². The fourth-order valence-electron chi connectivity index (χ4n) is 3.02. The van der Waals surface area contributed by atoms with Gasteiger partial charge in [0.15, 0.2) is 0 Å². The third-order valence-corrected chi connectivity index (χ3v) is 4.32. The highest BCUT2D eigenvalue weighted by atomic mass is 16.5. The molecule has 4 heteroatoms. The fourth-order valence-corrected chi connectivity index (χ4v) is 3.02. The lowest BCUT2D eigenvalue weighted by molar-refractivity contribution is -0.132. The van der Waals surface area contributed by atoms with E-state index in [9.17, 15) is 4.79 Å². The summed E-state index contributed by atoms with van der Waals surface area (Å²) in [4.78, 5) is 11.9. The molecule has 0 radical (unpaired) electrons. The lowest BCUT2D eigenvalue weighted by Gasteiger charge is -2.24. The van der Waals surface area contributed by atoms with Gasteiger partial charge >= 0.3 is 0 Å². The number of carbonyl (C=O) groups excluding carboxylic acids is 1. The average Bonchev–Trinajstić information content (AvgIpc) is 2.92. The summed E-state index contributed by atoms with van der Waals surface area (Å²) in [5.74, 6) is 0.0588. The van der Waals surface area contributed by atoms with E-state index in [1.165, 1.54) is 32.1 Å². The molecule has 1 saturated heterocycles. The van der Waals surface area contributed by atoms with Gasteiger partial charge in [-0.1, -0.05) is 19.3 Å². The first-order chi connectivity index (χ1) is 9.25. The maximum absolute atomic E-state index is 11.9. The highest BCUT2D eigenvalue weighted by Crippen LogP contribution is 2.17. The molecule has 19 heavy (non-hydrogen) atoms. The van der Waals surface area contributed by atoms with Crippen LogP contribution in [0.5, 0.6) is 0 Å². The highest BCUT2D eigenvalue weighted by Gasteiger charge is 2.21. The van der Waals surface area contributed by atoms with Crippen LogP contribution in [0.25, 0.3) is 0 Å². The standard InChI is InChI=1S/C15H28N2O2/c1-12(15(18)17-14-7-2-3-8-14)19-11-9-13-6-4-5-10-16-13/h12-14,16H,2-11H2,1H3,(H,17,18). The Bertz CT molecular complexity index is 271. The second kappa shape index (κ2) is 7.85. The Hall–Kier alpha value is -0.610. The molecule has 2 rings (SSSR count). The largest absolute Gasteiger partial charge is 0.369 e. The number of amides is 1. The summed E-state index contributed by atoms with van der Waals surface area (Å²) in [5.41, 5.74) is 0. The normalized spacial score (nSPS) is 26.3. The van der Waals surface area contributed by atoms with Gasteiger partial charge in [0.05, 0.1) is 0 Å². The van der Waals surface area contributed by atoms with Crippen LogP contribution >= 0.6 is 0 Å². The zero-order valence-corrected chi connectivity index (χ0v) is 12.1. The van der Waals surface area contributed by atoms with Crippen LogP contribution in [0.3, 0.4) is 0 Å². The predicted molar refractivity (Wildman–Crippen MR) is 76.1 cm³/mol. The molecule has 4 nitrogen and oxygen atoms in total. The van der Waals surface area contributed by atoms with Gasteiger partial charge in [-0.2, -0.15) is 0 Å². The highest BCUT2D eigenvalue weighted by molar-refractivity contribution is 5.80. The Labute approximate surface area is 116 Å². The average molecular weight is 268 g/mol. The lowest BCUT2D eigenvalue weighted by atomic mass is 10.0. The molecule has 0 aromatic carbocycles. The van der Waals surface area contributed by atoms with E-state index in [0.717, 1.165) is 25.8 Å². The Balaban J connectivity index is 1.57. The zero-order chi connectivity index (χ0) is 13.5. The van der Waals surface area contributed by atoms with Crippen LogP contribution in [0.15, 0.2) is 0 Å². The van der Waals surface area contributed by atoms with Crippen molar-refractivity contribution in [2.24, 2.45) is 0 Å². The number of hydrogen-bond donors (Lipinski definition) is 2. The molecular weight excluding hydrogens is 240 g/mol. The van der Waals surface area contributed by atoms with Crippen LogP contribution < -0.4 is 10.6 Å². The molecule has 0 bridgehead atoms. The molecule has 1 aliphatic heterocycles. The van der Waals surface area contributed by atoms with E-state index < -0.39 is 0 Å². The third-order valence-electron chi connectivity index (χ3n) is 4.32. The number of ether oxygens (including phenoxy) is 1. The molecule has 1 saturated carbocycles. The molecule has 2 atom stereocenters. The van der Waals surface area contributed by atoms with Gasteiger partial charge in [-0.15, -0.1) is 0 Å². The van der Waals surface area contributed by atoms with Gasteiger partial charge in [0.2, 0.25) is 5.91 Å². The minimum Gasteiger partial charge on any atom is -0.369 e. The number of rotatable bonds is 6. The zero-order valence-electron chi connectivity index (χ0n) is 12.1. The van der Waals surface area contributed by atoms with Gasteiger partial charge < -0.3 is 15.4 Å². The van der Waals surface area contributed by atoms with Gasteiger partial charge in [-0.05, 0) is 45.6 Å². The maximum atomic E-state index is 11.9. The Morgan fingerprint density at radius 1 is 1.26 bits per heavy atom. The minimum atomic E-state index is -0.316. The Morgan fingerprint density at radius 2 is 2.00 bits per heavy atom. The van der Waals surface area contributed by atoms with Crippen molar-refractivity contribution in [3.8, 4) is 0 Å². The molecule has 2 unspecified atom stereocenters. The molecular formula is C15H28N2O2. The number of piperidine rings is 1. The monoisotopic (exact) mass is 268 g/mol. The number of carbonyl (C=O) groups is 1. The van der Waals surface area contributed by atoms with Crippen molar-refractivity contribution in [2.45, 2.75) is 76.5 Å². The first kappa shape index (κ1) is 14.8. The van der Waals surface area contributed by atoms with Crippen LogP contribution in [0.2, 0.25) is 0 Å². The summed E-state index contributed by atoms with van der Waals surface area (Å²) in [6.07, 6.45) is 9.29. The van der Waals surface area contributed by atoms with E-state index in [4.69, 9.17) is 4.74 Å². The lowest BCUT2D eigenvalue weighted by Crippen LogP contribution is -2.41. The van der Waals surface area contributed by atoms with Gasteiger partial charge in [0.1, 0.15) is 6.10 Å². The van der Waals surface area contributed by atoms with E-state index in [-0.39, 0.29) is 12.0 Å². The second-order valence-electron chi connectivity index (χ2n) is 5.94. The SMILES string of the molecule is CC(OCCC1CCCCN1)C(=O)NC1CCCC1. The molecule has 0 aromatic heterocycles. The summed E-state index contributed by atoms with van der Waals surface area (Å²) in [6.45, 7) is 3.66. The summed E-state index contributed by atoms with van der Waals surface area (Å²) >= 11 is 0. The fraction of sp³-hybridized carbons (Fsp3) is 0.933. The quantitative estimate of drug-likeness (QED) is 0.774. The summed E-state index contributed by atoms with van der Waals surface area (Å²) < 4.78 is 5.66. The molecule has 1 aliphatic carbocycles. The predicted octanol–water partition coefficient (Wildman–Crippen LogP) is 1.98. The molecule has 0 spiro atoms. The van der Waals surface area contributed by atoms with E-state index in [0.29, 0.717) is 18.7 Å². The van der Waals surface area contributed by atoms with Crippen molar-refractivity contribution in [1.29, 1.82) is 0 Å².